The lowest BCUT2D eigenvalue weighted by molar-refractivity contribution is -0.115. The van der Waals surface area contributed by atoms with Gasteiger partial charge >= 0.3 is 0 Å². The molecule has 0 spiro atoms. The van der Waals surface area contributed by atoms with Gasteiger partial charge in [-0.15, -0.1) is 0 Å². The second kappa shape index (κ2) is 4.00. The first kappa shape index (κ1) is 11.8. The maximum atomic E-state index is 12.0. The first-order chi connectivity index (χ1) is 9.65. The van der Waals surface area contributed by atoms with Crippen LogP contribution in [0.25, 0.3) is 16.5 Å². The Kier molecular flexibility index (Phi) is 2.36. The van der Waals surface area contributed by atoms with Crippen LogP contribution in [0.4, 0.5) is 0 Å². The van der Waals surface area contributed by atoms with E-state index in [-0.39, 0.29) is 11.7 Å². The van der Waals surface area contributed by atoms with Crippen LogP contribution >= 0.6 is 0 Å². The number of hydrogen-bond acceptors (Lipinski definition) is 3. The average molecular weight is 265 g/mol. The third kappa shape index (κ3) is 1.50. The van der Waals surface area contributed by atoms with Crippen molar-refractivity contribution in [3.05, 3.63) is 47.2 Å². The van der Waals surface area contributed by atoms with Gasteiger partial charge in [-0.1, -0.05) is 18.2 Å². The van der Waals surface area contributed by atoms with Crippen LogP contribution in [0.1, 0.15) is 37.1 Å². The predicted octanol–water partition coefficient (Wildman–Crippen LogP) is 3.03. The predicted molar refractivity (Wildman–Crippen MR) is 77.0 cm³/mol. The molecule has 0 bridgehead atoms. The minimum Gasteiger partial charge on any atom is -0.388 e. The average Bonchev–Trinajstić information content (AvgIpc) is 2.72. The van der Waals surface area contributed by atoms with Gasteiger partial charge in [-0.3, -0.25) is 4.79 Å². The van der Waals surface area contributed by atoms with Gasteiger partial charge in [0.1, 0.15) is 0 Å². The number of carbonyl (C=O) groups excluding carboxylic acids is 1. The van der Waals surface area contributed by atoms with Gasteiger partial charge in [-0.2, -0.15) is 0 Å². The van der Waals surface area contributed by atoms with Gasteiger partial charge in [0.25, 0.3) is 0 Å². The third-order valence-electron chi connectivity index (χ3n) is 4.54. The molecule has 20 heavy (non-hydrogen) atoms. The van der Waals surface area contributed by atoms with Gasteiger partial charge in [0.2, 0.25) is 0 Å². The van der Waals surface area contributed by atoms with Crippen LogP contribution in [0, 0.1) is 5.92 Å². The van der Waals surface area contributed by atoms with E-state index in [9.17, 15) is 9.90 Å². The Labute approximate surface area is 117 Å². The number of ketones is 1. The summed E-state index contributed by atoms with van der Waals surface area (Å²) in [6, 6.07) is 9.92. The fourth-order valence-electron chi connectivity index (χ4n) is 3.51. The Hall–Kier alpha value is -2.00. The monoisotopic (exact) mass is 265 g/mol. The third-order valence-corrected chi connectivity index (χ3v) is 4.54. The van der Waals surface area contributed by atoms with Crippen molar-refractivity contribution in [1.29, 1.82) is 0 Å². The molecule has 3 heteroatoms. The highest BCUT2D eigenvalue weighted by Gasteiger charge is 2.38. The van der Waals surface area contributed by atoms with Crippen molar-refractivity contribution in [2.75, 3.05) is 0 Å². The number of Topliss-reactive ketones (excluding diaryl/α,β-unsaturated/α-hetero) is 1. The first-order valence-corrected chi connectivity index (χ1v) is 6.97. The van der Waals surface area contributed by atoms with Crippen LogP contribution < -0.4 is 0 Å². The SMILES string of the molecule is CC1=C2c3nc4ccccc4cc3C(O)CC2CC1=O. The number of rotatable bonds is 0. The Morgan fingerprint density at radius 3 is 2.95 bits per heavy atom. The van der Waals surface area contributed by atoms with Gasteiger partial charge in [0.05, 0.1) is 17.3 Å². The highest BCUT2D eigenvalue weighted by molar-refractivity contribution is 6.08. The summed E-state index contributed by atoms with van der Waals surface area (Å²) >= 11 is 0. The van der Waals surface area contributed by atoms with E-state index in [1.807, 2.05) is 37.3 Å². The van der Waals surface area contributed by atoms with Crippen LogP contribution in [0.15, 0.2) is 35.9 Å². The second-order valence-electron chi connectivity index (χ2n) is 5.73. The normalized spacial score (nSPS) is 25.0. The summed E-state index contributed by atoms with van der Waals surface area (Å²) in [7, 11) is 0. The van der Waals surface area contributed by atoms with Crippen molar-refractivity contribution < 1.29 is 9.90 Å². The molecule has 2 atom stereocenters. The molecule has 0 saturated carbocycles. The number of fused-ring (bicyclic) bond motifs is 4. The molecule has 3 nitrogen and oxygen atoms in total. The molecular formula is C17H15NO2. The zero-order chi connectivity index (χ0) is 13.9. The zero-order valence-corrected chi connectivity index (χ0v) is 11.3. The number of carbonyl (C=O) groups is 1. The minimum absolute atomic E-state index is 0.138. The standard InChI is InChI=1S/C17H15NO2/c1-9-14(19)7-11-8-15(20)12-6-10-4-2-3-5-13(10)18-17(12)16(9)11/h2-6,11,15,20H,7-8H2,1H3. The number of aliphatic hydroxyl groups excluding tert-OH is 1. The molecule has 1 heterocycles. The summed E-state index contributed by atoms with van der Waals surface area (Å²) in [6.45, 7) is 1.88. The molecule has 0 aliphatic heterocycles. The summed E-state index contributed by atoms with van der Waals surface area (Å²) in [5, 5.41) is 11.4. The number of aromatic nitrogens is 1. The lowest BCUT2D eigenvalue weighted by Crippen LogP contribution is -2.17. The molecule has 2 unspecified atom stereocenters. The fourth-order valence-corrected chi connectivity index (χ4v) is 3.51. The summed E-state index contributed by atoms with van der Waals surface area (Å²) in [5.41, 5.74) is 4.49. The quantitative estimate of drug-likeness (QED) is 0.796. The Morgan fingerprint density at radius 1 is 1.30 bits per heavy atom. The smallest absolute Gasteiger partial charge is 0.159 e. The largest absolute Gasteiger partial charge is 0.388 e. The maximum absolute atomic E-state index is 12.0. The van der Waals surface area contributed by atoms with Gasteiger partial charge < -0.3 is 5.11 Å². The zero-order valence-electron chi connectivity index (χ0n) is 11.3. The van der Waals surface area contributed by atoms with Crippen molar-refractivity contribution >= 4 is 22.3 Å². The Bertz CT molecular complexity index is 776. The van der Waals surface area contributed by atoms with E-state index in [2.05, 4.69) is 0 Å². The van der Waals surface area contributed by atoms with Crippen molar-refractivity contribution in [3.63, 3.8) is 0 Å². The number of aliphatic hydroxyl groups is 1. The molecule has 0 radical (unpaired) electrons. The molecule has 100 valence electrons. The van der Waals surface area contributed by atoms with E-state index in [1.54, 1.807) is 0 Å². The minimum atomic E-state index is -0.519. The number of allylic oxidation sites excluding steroid dienone is 2. The Morgan fingerprint density at radius 2 is 2.10 bits per heavy atom. The molecule has 1 aromatic carbocycles. The van der Waals surface area contributed by atoms with E-state index in [0.29, 0.717) is 12.8 Å². The van der Waals surface area contributed by atoms with Gasteiger partial charge in [0, 0.05) is 17.4 Å². The number of benzene rings is 1. The first-order valence-electron chi connectivity index (χ1n) is 6.97. The van der Waals surface area contributed by atoms with E-state index in [4.69, 9.17) is 4.98 Å². The molecular weight excluding hydrogens is 250 g/mol. The van der Waals surface area contributed by atoms with Crippen LogP contribution in [0.3, 0.4) is 0 Å². The molecule has 4 rings (SSSR count). The van der Waals surface area contributed by atoms with Crippen LogP contribution in [-0.4, -0.2) is 15.9 Å². The molecule has 2 aliphatic rings. The number of hydrogen-bond donors (Lipinski definition) is 1. The number of nitrogens with zero attached hydrogens (tertiary/aromatic N) is 1. The molecule has 2 aromatic rings. The van der Waals surface area contributed by atoms with Gasteiger partial charge in [-0.05, 0) is 42.5 Å². The van der Waals surface area contributed by atoms with E-state index in [0.717, 1.165) is 33.3 Å². The second-order valence-corrected chi connectivity index (χ2v) is 5.73. The lowest BCUT2D eigenvalue weighted by Gasteiger charge is -2.27. The number of pyridine rings is 1. The maximum Gasteiger partial charge on any atom is 0.159 e. The highest BCUT2D eigenvalue weighted by Crippen LogP contribution is 2.47. The van der Waals surface area contributed by atoms with E-state index in [1.165, 1.54) is 0 Å². The summed E-state index contributed by atoms with van der Waals surface area (Å²) in [4.78, 5) is 16.7. The summed E-state index contributed by atoms with van der Waals surface area (Å²) in [6.07, 6.45) is 0.631. The van der Waals surface area contributed by atoms with E-state index < -0.39 is 6.10 Å². The van der Waals surface area contributed by atoms with Gasteiger partial charge in [-0.25, -0.2) is 4.98 Å². The summed E-state index contributed by atoms with van der Waals surface area (Å²) in [5.74, 6) is 0.332. The van der Waals surface area contributed by atoms with Gasteiger partial charge in [0.15, 0.2) is 5.78 Å². The van der Waals surface area contributed by atoms with Crippen LogP contribution in [-0.2, 0) is 4.79 Å². The molecule has 2 aliphatic carbocycles. The molecule has 0 amide bonds. The molecule has 1 aromatic heterocycles. The Balaban J connectivity index is 2.05. The highest BCUT2D eigenvalue weighted by atomic mass is 16.3. The van der Waals surface area contributed by atoms with Crippen LogP contribution in [0.5, 0.6) is 0 Å². The van der Waals surface area contributed by atoms with Crippen molar-refractivity contribution in [2.24, 2.45) is 5.92 Å². The number of para-hydroxylation sites is 1. The molecule has 0 fully saturated rings. The summed E-state index contributed by atoms with van der Waals surface area (Å²) < 4.78 is 0. The van der Waals surface area contributed by atoms with Crippen molar-refractivity contribution in [1.82, 2.24) is 4.98 Å². The molecule has 0 saturated heterocycles. The topological polar surface area (TPSA) is 50.2 Å². The molecule has 1 N–H and O–H groups in total. The van der Waals surface area contributed by atoms with E-state index >= 15 is 0 Å². The van der Waals surface area contributed by atoms with Crippen molar-refractivity contribution in [3.8, 4) is 0 Å². The fraction of sp³-hybridized carbons (Fsp3) is 0.294. The van der Waals surface area contributed by atoms with Crippen LogP contribution in [0.2, 0.25) is 0 Å². The van der Waals surface area contributed by atoms with Crippen molar-refractivity contribution in [2.45, 2.75) is 25.9 Å². The lowest BCUT2D eigenvalue weighted by atomic mass is 9.81.